The van der Waals surface area contributed by atoms with Crippen LogP contribution in [0.25, 0.3) is 0 Å². The summed E-state index contributed by atoms with van der Waals surface area (Å²) in [6, 6.07) is 16.0. The van der Waals surface area contributed by atoms with Gasteiger partial charge in [-0.1, -0.05) is 48.0 Å². The maximum Gasteiger partial charge on any atom is 0.573 e. The van der Waals surface area contributed by atoms with Gasteiger partial charge in [0, 0.05) is 29.7 Å². The van der Waals surface area contributed by atoms with E-state index in [1.165, 1.54) is 50.9 Å². The predicted molar refractivity (Wildman–Crippen MR) is 174 cm³/mol. The molecule has 1 aromatic heterocycles. The van der Waals surface area contributed by atoms with E-state index in [9.17, 15) is 36.3 Å². The van der Waals surface area contributed by atoms with E-state index >= 15 is 0 Å². The molecule has 0 saturated carbocycles. The van der Waals surface area contributed by atoms with Crippen LogP contribution in [0.1, 0.15) is 23.1 Å². The van der Waals surface area contributed by atoms with Crippen molar-refractivity contribution in [2.75, 3.05) is 30.0 Å². The van der Waals surface area contributed by atoms with E-state index in [0.29, 0.717) is 21.3 Å². The highest BCUT2D eigenvalue weighted by Crippen LogP contribution is 2.52. The van der Waals surface area contributed by atoms with Gasteiger partial charge in [0.2, 0.25) is 0 Å². The van der Waals surface area contributed by atoms with Gasteiger partial charge in [-0.2, -0.15) is 0 Å². The number of fused-ring (bicyclic) bond motifs is 1. The van der Waals surface area contributed by atoms with Crippen LogP contribution < -0.4 is 23.4 Å². The smallest absolute Gasteiger partial charge is 0.497 e. The van der Waals surface area contributed by atoms with Crippen LogP contribution in [0.3, 0.4) is 0 Å². The number of halogens is 4. The van der Waals surface area contributed by atoms with Crippen LogP contribution in [-0.2, 0) is 14.8 Å². The van der Waals surface area contributed by atoms with Gasteiger partial charge in [-0.15, -0.1) is 13.2 Å². The Morgan fingerprint density at radius 2 is 1.60 bits per heavy atom. The third kappa shape index (κ3) is 6.08. The molecule has 1 N–H and O–H groups in total. The molecule has 50 heavy (non-hydrogen) atoms. The normalized spacial score (nSPS) is 20.8. The Bertz CT molecular complexity index is 2040. The summed E-state index contributed by atoms with van der Waals surface area (Å²) < 4.78 is 84.4. The summed E-state index contributed by atoms with van der Waals surface area (Å²) in [4.78, 5) is 33.6. The highest BCUT2D eigenvalue weighted by atomic mass is 35.5. The van der Waals surface area contributed by atoms with Crippen molar-refractivity contribution in [2.24, 2.45) is 0 Å². The predicted octanol–water partition coefficient (Wildman–Crippen LogP) is 5.99. The van der Waals surface area contributed by atoms with Crippen molar-refractivity contribution in [1.29, 1.82) is 0 Å². The fourth-order valence-corrected chi connectivity index (χ4v) is 8.50. The number of aromatic nitrogens is 1. The van der Waals surface area contributed by atoms with E-state index < -0.39 is 62.5 Å². The summed E-state index contributed by atoms with van der Waals surface area (Å²) in [7, 11) is -2.56. The zero-order chi connectivity index (χ0) is 36.0. The third-order valence-corrected chi connectivity index (χ3v) is 10.6. The lowest BCUT2D eigenvalue weighted by molar-refractivity contribution is -0.275. The van der Waals surface area contributed by atoms with Gasteiger partial charge in [-0.05, 0) is 42.0 Å². The van der Waals surface area contributed by atoms with Crippen molar-refractivity contribution in [3.8, 4) is 17.2 Å². The molecule has 1 fully saturated rings. The van der Waals surface area contributed by atoms with Crippen LogP contribution in [-0.4, -0.2) is 74.1 Å². The number of sulfonamides is 1. The molecule has 262 valence electrons. The molecule has 0 spiro atoms. The first-order valence-electron chi connectivity index (χ1n) is 14.8. The molecule has 4 aromatic rings. The molecule has 2 amide bonds. The lowest BCUT2D eigenvalue weighted by Crippen LogP contribution is -2.62. The van der Waals surface area contributed by atoms with E-state index in [2.05, 4.69) is 9.72 Å². The summed E-state index contributed by atoms with van der Waals surface area (Å²) in [6.07, 6.45) is -3.72. The number of para-hydroxylation sites is 2. The van der Waals surface area contributed by atoms with Crippen molar-refractivity contribution >= 4 is 45.0 Å². The Kier molecular flexibility index (Phi) is 9.17. The van der Waals surface area contributed by atoms with E-state index in [-0.39, 0.29) is 23.5 Å². The fraction of sp³-hybridized carbons (Fsp3) is 0.242. The number of ether oxygens (including phenoxy) is 3. The van der Waals surface area contributed by atoms with Crippen molar-refractivity contribution in [3.63, 3.8) is 0 Å². The van der Waals surface area contributed by atoms with Crippen LogP contribution in [0.2, 0.25) is 0 Å². The van der Waals surface area contributed by atoms with Crippen LogP contribution in [0.5, 0.6) is 17.2 Å². The van der Waals surface area contributed by atoms with Gasteiger partial charge in [-0.3, -0.25) is 14.7 Å². The summed E-state index contributed by atoms with van der Waals surface area (Å²) in [5.41, 5.74) is -0.111. The zero-order valence-electron chi connectivity index (χ0n) is 26.2. The first-order chi connectivity index (χ1) is 23.8. The van der Waals surface area contributed by atoms with Crippen LogP contribution in [0.15, 0.2) is 96.2 Å². The molecule has 0 radical (unpaired) electrons. The highest BCUT2D eigenvalue weighted by Gasteiger charge is 2.56. The molecular formula is C33H28ClF3N4O8S. The lowest BCUT2D eigenvalue weighted by Gasteiger charge is -2.51. The van der Waals surface area contributed by atoms with E-state index in [1.807, 2.05) is 0 Å². The quantitative estimate of drug-likeness (QED) is 0.170. The summed E-state index contributed by atoms with van der Waals surface area (Å²) in [5.74, 6) is -3.56. The molecule has 4 unspecified atom stereocenters. The van der Waals surface area contributed by atoms with E-state index in [0.717, 1.165) is 23.1 Å². The number of nitrogens with zero attached hydrogens (tertiary/aromatic N) is 4. The van der Waals surface area contributed by atoms with E-state index in [1.54, 1.807) is 41.3 Å². The first kappa shape index (κ1) is 34.6. The van der Waals surface area contributed by atoms with E-state index in [4.69, 9.17) is 21.1 Å². The van der Waals surface area contributed by atoms with Gasteiger partial charge in [0.15, 0.2) is 5.75 Å². The van der Waals surface area contributed by atoms with Crippen LogP contribution >= 0.6 is 11.6 Å². The van der Waals surface area contributed by atoms with Crippen molar-refractivity contribution in [1.82, 2.24) is 9.88 Å². The van der Waals surface area contributed by atoms with Crippen molar-refractivity contribution < 1.29 is 50.5 Å². The Morgan fingerprint density at radius 3 is 2.24 bits per heavy atom. The zero-order valence-corrected chi connectivity index (χ0v) is 27.8. The van der Waals surface area contributed by atoms with Crippen LogP contribution in [0.4, 0.5) is 29.3 Å². The number of rotatable bonds is 8. The maximum absolute atomic E-state index is 14.8. The average Bonchev–Trinajstić information content (AvgIpc) is 3.39. The molecule has 0 aliphatic carbocycles. The Hall–Kier alpha value is -5.22. The number of pyridine rings is 1. The summed E-state index contributed by atoms with van der Waals surface area (Å²) in [6.45, 7) is -0.323. The molecule has 6 rings (SSSR count). The Morgan fingerprint density at radius 1 is 0.940 bits per heavy atom. The molecule has 0 bridgehead atoms. The Balaban J connectivity index is 1.58. The maximum atomic E-state index is 14.8. The summed E-state index contributed by atoms with van der Waals surface area (Å²) >= 11 is 6.93. The molecule has 4 atom stereocenters. The molecule has 12 nitrogen and oxygen atoms in total. The number of carbonyl (C=O) groups is 2. The van der Waals surface area contributed by atoms with Crippen LogP contribution in [0, 0.1) is 0 Å². The third-order valence-electron chi connectivity index (χ3n) is 8.49. The van der Waals surface area contributed by atoms with Gasteiger partial charge in [0.1, 0.15) is 21.9 Å². The number of amides is 2. The number of benzene rings is 3. The standard InChI is InChI=1S/C33H28ClF3N4O8S/c1-47-20-11-12-26(25(17-20)49-33(35,36)37)50(45,46)41-23-9-5-3-7-21(23)28(31(41)42)30-29(22-8-4-6-10-24(22)48-2)40(19-13-15-38-16-14-19)27(34)18-39(30)32(43)44/h3-17,27-30H,18H2,1-2H3,(H,43,44). The Labute approximate surface area is 289 Å². The monoisotopic (exact) mass is 732 g/mol. The number of carbonyl (C=O) groups excluding carboxylic acids is 1. The molecule has 2 aliphatic rings. The number of methoxy groups -OCH3 is 2. The van der Waals surface area contributed by atoms with Gasteiger partial charge in [0.25, 0.3) is 15.9 Å². The minimum Gasteiger partial charge on any atom is -0.497 e. The van der Waals surface area contributed by atoms with Gasteiger partial charge >= 0.3 is 12.5 Å². The number of hydrogen-bond donors (Lipinski definition) is 1. The largest absolute Gasteiger partial charge is 0.573 e. The molecule has 17 heteroatoms. The van der Waals surface area contributed by atoms with Crippen molar-refractivity contribution in [3.05, 3.63) is 102 Å². The molecule has 2 aliphatic heterocycles. The topological polar surface area (TPSA) is 139 Å². The number of piperazine rings is 1. The molecular weight excluding hydrogens is 705 g/mol. The summed E-state index contributed by atoms with van der Waals surface area (Å²) in [5, 5.41) is 10.6. The molecule has 1 saturated heterocycles. The SMILES string of the molecule is COc1ccc(S(=O)(=O)N2C(=O)C(C3C(c4ccccc4OC)N(c4ccncc4)C(Cl)CN3C(=O)O)c3ccccc32)c(OC(F)(F)F)c1. The second kappa shape index (κ2) is 13.2. The molecule has 3 heterocycles. The number of carboxylic acid groups (broad SMARTS) is 1. The first-order valence-corrected chi connectivity index (χ1v) is 16.7. The van der Waals surface area contributed by atoms with Crippen molar-refractivity contribution in [2.45, 2.75) is 34.8 Å². The fourth-order valence-electron chi connectivity index (χ4n) is 6.55. The minimum absolute atomic E-state index is 0.117. The van der Waals surface area contributed by atoms with Gasteiger partial charge in [-0.25, -0.2) is 17.5 Å². The van der Waals surface area contributed by atoms with Gasteiger partial charge < -0.3 is 24.2 Å². The number of hydrogen-bond acceptors (Lipinski definition) is 9. The van der Waals surface area contributed by atoms with Gasteiger partial charge in [0.05, 0.1) is 44.5 Å². The highest BCUT2D eigenvalue weighted by molar-refractivity contribution is 7.93. The second-order valence-corrected chi connectivity index (χ2v) is 13.4. The number of alkyl halides is 4. The number of anilines is 2. The average molecular weight is 733 g/mol. The lowest BCUT2D eigenvalue weighted by atomic mass is 9.81. The molecule has 3 aromatic carbocycles. The minimum atomic E-state index is -5.30. The second-order valence-electron chi connectivity index (χ2n) is 11.2.